The first-order valence-electron chi connectivity index (χ1n) is 10.6. The topological polar surface area (TPSA) is 89.5 Å². The van der Waals surface area contributed by atoms with Crippen molar-refractivity contribution in [2.24, 2.45) is 5.92 Å². The summed E-state index contributed by atoms with van der Waals surface area (Å²) in [5, 5.41) is 25.0. The smallest absolute Gasteiger partial charge is 0.303 e. The number of nitrogens with one attached hydrogen (secondary N) is 1. The van der Waals surface area contributed by atoms with Crippen molar-refractivity contribution >= 4 is 11.9 Å². The van der Waals surface area contributed by atoms with Crippen molar-refractivity contribution in [1.29, 1.82) is 0 Å². The molecule has 1 fully saturated rings. The highest BCUT2D eigenvalue weighted by Gasteiger charge is 2.55. The number of rotatable bonds is 13. The van der Waals surface area contributed by atoms with Crippen LogP contribution in [-0.2, 0) is 14.8 Å². The van der Waals surface area contributed by atoms with E-state index in [1.807, 2.05) is 27.7 Å². The van der Waals surface area contributed by atoms with E-state index in [1.165, 1.54) is 25.7 Å². The molecule has 27 heavy (non-hydrogen) atoms. The number of amides is 1. The quantitative estimate of drug-likeness (QED) is 0.464. The molecule has 6 nitrogen and oxygen atoms in total. The van der Waals surface area contributed by atoms with Crippen LogP contribution in [-0.4, -0.2) is 39.7 Å². The molecule has 1 radical (unpaired) electrons. The molecule has 1 aliphatic rings. The van der Waals surface area contributed by atoms with Crippen molar-refractivity contribution in [3.05, 3.63) is 0 Å². The number of carbonyl (C=O) groups is 2. The van der Waals surface area contributed by atoms with Gasteiger partial charge in [0.25, 0.3) is 0 Å². The van der Waals surface area contributed by atoms with Crippen LogP contribution >= 0.6 is 0 Å². The highest BCUT2D eigenvalue weighted by molar-refractivity contribution is 5.80. The molecule has 6 heteroatoms. The molecule has 0 aromatic heterocycles. The third kappa shape index (κ3) is 7.78. The van der Waals surface area contributed by atoms with Gasteiger partial charge >= 0.3 is 5.97 Å². The molecular weight excluding hydrogens is 344 g/mol. The molecule has 1 rings (SSSR count). The van der Waals surface area contributed by atoms with Gasteiger partial charge in [0.2, 0.25) is 5.91 Å². The molecule has 1 amide bonds. The first kappa shape index (κ1) is 23.9. The highest BCUT2D eigenvalue weighted by atomic mass is 16.5. The third-order valence-electron chi connectivity index (χ3n) is 5.81. The van der Waals surface area contributed by atoms with Gasteiger partial charge in [-0.3, -0.25) is 9.59 Å². The highest BCUT2D eigenvalue weighted by Crippen LogP contribution is 2.43. The molecule has 1 heterocycles. The lowest BCUT2D eigenvalue weighted by Crippen LogP contribution is -2.49. The summed E-state index contributed by atoms with van der Waals surface area (Å²) in [4.78, 5) is 22.9. The summed E-state index contributed by atoms with van der Waals surface area (Å²) in [5.74, 6) is -0.952. The fraction of sp³-hybridized carbons (Fsp3) is 0.905. The lowest BCUT2D eigenvalue weighted by molar-refractivity contribution is -0.247. The number of hydroxylamine groups is 2. The van der Waals surface area contributed by atoms with E-state index in [2.05, 4.69) is 5.32 Å². The van der Waals surface area contributed by atoms with E-state index in [0.29, 0.717) is 13.0 Å². The van der Waals surface area contributed by atoms with Gasteiger partial charge in [-0.1, -0.05) is 44.9 Å². The summed E-state index contributed by atoms with van der Waals surface area (Å²) < 4.78 is 0. The molecule has 1 saturated heterocycles. The summed E-state index contributed by atoms with van der Waals surface area (Å²) in [6.07, 6.45) is 10.6. The molecule has 1 atom stereocenters. The lowest BCUT2D eigenvalue weighted by Gasteiger charge is -2.33. The van der Waals surface area contributed by atoms with E-state index in [4.69, 9.17) is 5.11 Å². The van der Waals surface area contributed by atoms with Crippen LogP contribution in [0.3, 0.4) is 0 Å². The summed E-state index contributed by atoms with van der Waals surface area (Å²) in [5.41, 5.74) is -1.14. The van der Waals surface area contributed by atoms with Gasteiger partial charge < -0.3 is 10.4 Å². The van der Waals surface area contributed by atoms with E-state index in [0.717, 1.165) is 37.2 Å². The normalized spacial score (nSPS) is 21.3. The van der Waals surface area contributed by atoms with Crippen molar-refractivity contribution in [1.82, 2.24) is 10.4 Å². The van der Waals surface area contributed by atoms with E-state index in [-0.39, 0.29) is 18.2 Å². The Morgan fingerprint density at radius 2 is 1.41 bits per heavy atom. The average Bonchev–Trinajstić information content (AvgIpc) is 2.75. The summed E-state index contributed by atoms with van der Waals surface area (Å²) in [7, 11) is 0. The van der Waals surface area contributed by atoms with Crippen molar-refractivity contribution in [2.75, 3.05) is 6.54 Å². The van der Waals surface area contributed by atoms with E-state index in [9.17, 15) is 14.8 Å². The summed E-state index contributed by atoms with van der Waals surface area (Å²) in [6.45, 7) is 8.21. The second kappa shape index (κ2) is 11.0. The number of carboxylic acid groups (broad SMARTS) is 1. The Labute approximate surface area is 164 Å². The summed E-state index contributed by atoms with van der Waals surface area (Å²) >= 11 is 0. The van der Waals surface area contributed by atoms with Crippen LogP contribution in [0.15, 0.2) is 0 Å². The average molecular weight is 384 g/mol. The minimum atomic E-state index is -0.701. The Morgan fingerprint density at radius 1 is 0.926 bits per heavy atom. The molecule has 0 spiro atoms. The van der Waals surface area contributed by atoms with E-state index in [1.54, 1.807) is 0 Å². The lowest BCUT2D eigenvalue weighted by atomic mass is 9.86. The third-order valence-corrected chi connectivity index (χ3v) is 5.81. The molecule has 0 aromatic carbocycles. The fourth-order valence-electron chi connectivity index (χ4n) is 4.14. The number of nitrogens with zero attached hydrogens (tertiary/aromatic N) is 1. The zero-order valence-corrected chi connectivity index (χ0v) is 17.7. The van der Waals surface area contributed by atoms with Crippen molar-refractivity contribution in [3.8, 4) is 0 Å². The van der Waals surface area contributed by atoms with E-state index < -0.39 is 17.0 Å². The van der Waals surface area contributed by atoms with Gasteiger partial charge in [-0.05, 0) is 47.0 Å². The Hall–Kier alpha value is -1.14. The SMILES string of the molecule is CC1(C)CC(C(=O)NCCCCCCCCCCCC(=O)O)C(C)(C)N1[O]. The number of carbonyl (C=O) groups excluding carboxylic acids is 1. The van der Waals surface area contributed by atoms with Crippen LogP contribution in [0.1, 0.15) is 98.3 Å². The van der Waals surface area contributed by atoms with Gasteiger partial charge in [0.05, 0.1) is 11.5 Å². The monoisotopic (exact) mass is 383 g/mol. The predicted molar refractivity (Wildman–Crippen MR) is 106 cm³/mol. The van der Waals surface area contributed by atoms with E-state index >= 15 is 0 Å². The maximum Gasteiger partial charge on any atom is 0.303 e. The fourth-order valence-corrected chi connectivity index (χ4v) is 4.14. The van der Waals surface area contributed by atoms with Gasteiger partial charge in [0, 0.05) is 18.5 Å². The largest absolute Gasteiger partial charge is 0.481 e. The van der Waals surface area contributed by atoms with Crippen LogP contribution in [0.2, 0.25) is 0 Å². The van der Waals surface area contributed by atoms with Crippen LogP contribution in [0.5, 0.6) is 0 Å². The Bertz CT molecular complexity index is 477. The Morgan fingerprint density at radius 3 is 1.85 bits per heavy atom. The van der Waals surface area contributed by atoms with Crippen LogP contribution in [0.25, 0.3) is 0 Å². The Kier molecular flexibility index (Phi) is 9.74. The number of carboxylic acids is 1. The van der Waals surface area contributed by atoms with Gasteiger partial charge in [-0.15, -0.1) is 10.3 Å². The molecule has 0 aliphatic carbocycles. The zero-order valence-electron chi connectivity index (χ0n) is 17.7. The molecule has 1 aliphatic heterocycles. The van der Waals surface area contributed by atoms with Crippen molar-refractivity contribution in [2.45, 2.75) is 109 Å². The van der Waals surface area contributed by atoms with Crippen LogP contribution in [0, 0.1) is 5.92 Å². The standard InChI is InChI=1S/C21H39N2O4/c1-20(2)16-17(21(3,4)23(20)27)19(26)22-15-13-11-9-7-5-6-8-10-12-14-18(24)25/h17H,5-16H2,1-4H3,(H,22,26)(H,24,25). The van der Waals surface area contributed by atoms with Crippen molar-refractivity contribution < 1.29 is 19.9 Å². The molecule has 0 bridgehead atoms. The summed E-state index contributed by atoms with van der Waals surface area (Å²) in [6, 6.07) is 0. The molecule has 157 valence electrons. The number of unbranched alkanes of at least 4 members (excludes halogenated alkanes) is 8. The van der Waals surface area contributed by atoms with Crippen LogP contribution < -0.4 is 5.32 Å². The maximum absolute atomic E-state index is 12.5. The first-order chi connectivity index (χ1) is 12.6. The van der Waals surface area contributed by atoms with Gasteiger partial charge in [-0.25, -0.2) is 0 Å². The van der Waals surface area contributed by atoms with Crippen LogP contribution in [0.4, 0.5) is 0 Å². The Balaban J connectivity index is 2.04. The first-order valence-corrected chi connectivity index (χ1v) is 10.6. The number of hydrogen-bond acceptors (Lipinski definition) is 3. The molecular formula is C21H39N2O4. The predicted octanol–water partition coefficient (Wildman–Crippen LogP) is 4.31. The molecule has 1 unspecified atom stereocenters. The van der Waals surface area contributed by atoms with Crippen molar-refractivity contribution in [3.63, 3.8) is 0 Å². The maximum atomic E-state index is 12.5. The number of aliphatic carboxylic acids is 1. The molecule has 0 saturated carbocycles. The zero-order chi connectivity index (χ0) is 20.5. The molecule has 2 N–H and O–H groups in total. The minimum absolute atomic E-state index is 0.00721. The molecule has 0 aromatic rings. The van der Waals surface area contributed by atoms with Gasteiger partial charge in [0.1, 0.15) is 0 Å². The number of hydrogen-bond donors (Lipinski definition) is 2. The second-order valence-electron chi connectivity index (χ2n) is 9.13. The van der Waals surface area contributed by atoms with Gasteiger partial charge in [-0.2, -0.15) is 0 Å². The van der Waals surface area contributed by atoms with Gasteiger partial charge in [0.15, 0.2) is 0 Å². The second-order valence-corrected chi connectivity index (χ2v) is 9.13. The minimum Gasteiger partial charge on any atom is -0.481 e.